The van der Waals surface area contributed by atoms with Crippen molar-refractivity contribution in [1.29, 1.82) is 0 Å². The first-order valence-corrected chi connectivity index (χ1v) is 9.83. The van der Waals surface area contributed by atoms with E-state index in [2.05, 4.69) is 29.0 Å². The fourth-order valence-corrected chi connectivity index (χ4v) is 3.91. The molecule has 1 saturated heterocycles. The fraction of sp³-hybridized carbons (Fsp3) is 0.600. The van der Waals surface area contributed by atoms with Crippen LogP contribution in [0.5, 0.6) is 0 Å². The summed E-state index contributed by atoms with van der Waals surface area (Å²) in [6.07, 6.45) is 2.82. The Labute approximate surface area is 158 Å². The zero-order valence-corrected chi connectivity index (χ0v) is 16.3. The molecule has 1 aliphatic rings. The van der Waals surface area contributed by atoms with Gasteiger partial charge in [-0.25, -0.2) is 13.8 Å². The van der Waals surface area contributed by atoms with E-state index >= 15 is 0 Å². The zero-order chi connectivity index (χ0) is 19.6. The second-order valence-electron chi connectivity index (χ2n) is 7.26. The molecular weight excluding hydrogens is 350 g/mol. The Bertz CT molecular complexity index is 867. The molecule has 1 aliphatic heterocycles. The highest BCUT2D eigenvalue weighted by molar-refractivity contribution is 5.78. The minimum atomic E-state index is -1.11. The monoisotopic (exact) mass is 378 g/mol. The van der Waals surface area contributed by atoms with Gasteiger partial charge in [-0.05, 0) is 38.8 Å². The summed E-state index contributed by atoms with van der Waals surface area (Å²) in [5.41, 5.74) is -0.280. The Morgan fingerprint density at radius 1 is 1.30 bits per heavy atom. The van der Waals surface area contributed by atoms with Crippen LogP contribution in [-0.4, -0.2) is 40.1 Å². The summed E-state index contributed by atoms with van der Waals surface area (Å²) in [6.45, 7) is 9.15. The van der Waals surface area contributed by atoms with E-state index < -0.39 is 17.2 Å². The van der Waals surface area contributed by atoms with Crippen molar-refractivity contribution in [2.45, 2.75) is 58.7 Å². The third-order valence-corrected chi connectivity index (χ3v) is 5.40. The molecule has 0 spiro atoms. The molecule has 1 aromatic heterocycles. The highest BCUT2D eigenvalue weighted by Gasteiger charge is 2.27. The predicted octanol–water partition coefficient (Wildman–Crippen LogP) is 3.22. The first-order chi connectivity index (χ1) is 13.0. The lowest BCUT2D eigenvalue weighted by Crippen LogP contribution is -2.37. The zero-order valence-electron chi connectivity index (χ0n) is 16.3. The molecule has 1 aromatic carbocycles. The summed E-state index contributed by atoms with van der Waals surface area (Å²) >= 11 is 0. The molecule has 0 amide bonds. The number of hydrogen-bond acceptors (Lipinski definition) is 4. The Hall–Kier alpha value is -1.86. The van der Waals surface area contributed by atoms with Crippen LogP contribution in [0.2, 0.25) is 0 Å². The number of nitrogens with zero attached hydrogens (tertiary/aromatic N) is 3. The molecule has 1 unspecified atom stereocenters. The highest BCUT2D eigenvalue weighted by Crippen LogP contribution is 2.27. The molecule has 148 valence electrons. The average Bonchev–Trinajstić information content (AvgIpc) is 2.87. The van der Waals surface area contributed by atoms with Gasteiger partial charge in [-0.2, -0.15) is 0 Å². The number of fused-ring (bicyclic) bond motifs is 1. The van der Waals surface area contributed by atoms with Crippen LogP contribution in [0.25, 0.3) is 10.9 Å². The lowest BCUT2D eigenvalue weighted by molar-refractivity contribution is 0.184. The molecule has 27 heavy (non-hydrogen) atoms. The van der Waals surface area contributed by atoms with Gasteiger partial charge in [0.05, 0.1) is 11.6 Å². The maximum atomic E-state index is 14.3. The van der Waals surface area contributed by atoms with Crippen LogP contribution in [-0.2, 0) is 6.54 Å². The van der Waals surface area contributed by atoms with Gasteiger partial charge >= 0.3 is 0 Å². The molecule has 2 heterocycles. The van der Waals surface area contributed by atoms with E-state index in [4.69, 9.17) is 0 Å². The summed E-state index contributed by atoms with van der Waals surface area (Å²) < 4.78 is 29.4. The molecule has 5 nitrogen and oxygen atoms in total. The van der Waals surface area contributed by atoms with Crippen LogP contribution in [0.3, 0.4) is 0 Å². The molecule has 7 heteroatoms. The van der Waals surface area contributed by atoms with Crippen molar-refractivity contribution in [3.05, 3.63) is 39.9 Å². The molecule has 0 saturated carbocycles. The molecule has 0 radical (unpaired) electrons. The Balaban J connectivity index is 2.14. The Morgan fingerprint density at radius 2 is 2.07 bits per heavy atom. The largest absolute Gasteiger partial charge is 0.313 e. The van der Waals surface area contributed by atoms with E-state index in [9.17, 15) is 13.6 Å². The van der Waals surface area contributed by atoms with Crippen molar-refractivity contribution >= 4 is 10.9 Å². The number of aromatic nitrogens is 2. The third-order valence-electron chi connectivity index (χ3n) is 5.40. The molecule has 1 fully saturated rings. The van der Waals surface area contributed by atoms with Crippen molar-refractivity contribution in [1.82, 2.24) is 19.8 Å². The van der Waals surface area contributed by atoms with E-state index in [1.54, 1.807) is 0 Å². The molecular formula is C20H28F2N4O. The van der Waals surface area contributed by atoms with Gasteiger partial charge in [-0.1, -0.05) is 13.3 Å². The Kier molecular flexibility index (Phi) is 6.22. The van der Waals surface area contributed by atoms with Gasteiger partial charge in [0.15, 0.2) is 11.6 Å². The van der Waals surface area contributed by atoms with Crippen LogP contribution in [0, 0.1) is 11.6 Å². The van der Waals surface area contributed by atoms with Crippen LogP contribution in [0.15, 0.2) is 16.9 Å². The van der Waals surface area contributed by atoms with Crippen LogP contribution >= 0.6 is 0 Å². The highest BCUT2D eigenvalue weighted by atomic mass is 19.2. The lowest BCUT2D eigenvalue weighted by Gasteiger charge is -2.31. The molecule has 2 atom stereocenters. The first kappa shape index (κ1) is 19.9. The van der Waals surface area contributed by atoms with Gasteiger partial charge in [0, 0.05) is 32.2 Å². The van der Waals surface area contributed by atoms with E-state index in [0.29, 0.717) is 18.4 Å². The number of nitrogens with one attached hydrogen (secondary N) is 1. The van der Waals surface area contributed by atoms with Crippen LogP contribution in [0.1, 0.15) is 51.9 Å². The van der Waals surface area contributed by atoms with Crippen molar-refractivity contribution in [2.75, 3.05) is 19.6 Å². The minimum Gasteiger partial charge on any atom is -0.313 e. The van der Waals surface area contributed by atoms with Gasteiger partial charge in [-0.3, -0.25) is 14.3 Å². The van der Waals surface area contributed by atoms with Gasteiger partial charge in [0.1, 0.15) is 11.2 Å². The molecule has 2 aromatic rings. The number of benzene rings is 1. The second-order valence-corrected chi connectivity index (χ2v) is 7.26. The van der Waals surface area contributed by atoms with Crippen molar-refractivity contribution in [2.24, 2.45) is 0 Å². The van der Waals surface area contributed by atoms with E-state index in [1.165, 1.54) is 10.6 Å². The first-order valence-electron chi connectivity index (χ1n) is 9.83. The fourth-order valence-electron chi connectivity index (χ4n) is 3.91. The van der Waals surface area contributed by atoms with E-state index in [1.807, 2.05) is 6.92 Å². The molecule has 0 aliphatic carbocycles. The van der Waals surface area contributed by atoms with Crippen LogP contribution in [0.4, 0.5) is 8.78 Å². The predicted molar refractivity (Wildman–Crippen MR) is 103 cm³/mol. The van der Waals surface area contributed by atoms with Crippen molar-refractivity contribution in [3.63, 3.8) is 0 Å². The van der Waals surface area contributed by atoms with Crippen molar-refractivity contribution in [3.8, 4) is 0 Å². The smallest absolute Gasteiger partial charge is 0.264 e. The average molecular weight is 378 g/mol. The van der Waals surface area contributed by atoms with Gasteiger partial charge in [0.25, 0.3) is 5.56 Å². The summed E-state index contributed by atoms with van der Waals surface area (Å²) in [5.74, 6) is -1.48. The minimum absolute atomic E-state index is 0.0211. The summed E-state index contributed by atoms with van der Waals surface area (Å²) in [4.78, 5) is 20.0. The normalized spacial score (nSPS) is 20.0. The lowest BCUT2D eigenvalue weighted by atomic mass is 10.1. The second kappa shape index (κ2) is 8.44. The van der Waals surface area contributed by atoms with Gasteiger partial charge < -0.3 is 5.32 Å². The standard InChI is InChI=1S/C20H28F2N4O/c1-4-6-16(25-11-9-13(3)23-10-12-25)19-24-15-8-7-14(21)18(22)17(15)20(27)26(19)5-2/h7-8,13,16,23H,4-6,9-12H2,1-3H3/t13-,16?/m0/s1. The molecule has 1 N–H and O–H groups in total. The van der Waals surface area contributed by atoms with Gasteiger partial charge in [-0.15, -0.1) is 0 Å². The quantitative estimate of drug-likeness (QED) is 0.868. The topological polar surface area (TPSA) is 50.2 Å². The third kappa shape index (κ3) is 3.89. The maximum absolute atomic E-state index is 14.3. The summed E-state index contributed by atoms with van der Waals surface area (Å²) in [6, 6.07) is 2.86. The van der Waals surface area contributed by atoms with Gasteiger partial charge in [0.2, 0.25) is 0 Å². The van der Waals surface area contributed by atoms with E-state index in [-0.39, 0.29) is 16.9 Å². The van der Waals surface area contributed by atoms with Crippen LogP contribution < -0.4 is 10.9 Å². The number of hydrogen-bond donors (Lipinski definition) is 1. The molecule has 3 rings (SSSR count). The number of halogens is 2. The Morgan fingerprint density at radius 3 is 2.78 bits per heavy atom. The number of rotatable bonds is 5. The van der Waals surface area contributed by atoms with Crippen molar-refractivity contribution < 1.29 is 8.78 Å². The molecule has 0 bridgehead atoms. The summed E-state index contributed by atoms with van der Waals surface area (Å²) in [5, 5.41) is 3.22. The SMILES string of the molecule is CCCC(c1nc2ccc(F)c(F)c2c(=O)n1CC)N1CCN[C@@H](C)CC1. The van der Waals surface area contributed by atoms with E-state index in [0.717, 1.165) is 45.0 Å². The maximum Gasteiger partial charge on any atom is 0.264 e. The summed E-state index contributed by atoms with van der Waals surface area (Å²) in [7, 11) is 0.